The van der Waals surface area contributed by atoms with Crippen molar-refractivity contribution in [1.29, 1.82) is 0 Å². The highest BCUT2D eigenvalue weighted by atomic mass is 16.2. The van der Waals surface area contributed by atoms with E-state index in [0.29, 0.717) is 12.1 Å². The van der Waals surface area contributed by atoms with Crippen molar-refractivity contribution in [2.75, 3.05) is 0 Å². The molecule has 0 aromatic heterocycles. The average molecular weight is 280 g/mol. The minimum absolute atomic E-state index is 0.0654. The molecule has 20 heavy (non-hydrogen) atoms. The Kier molecular flexibility index (Phi) is 5.88. The zero-order chi connectivity index (χ0) is 14.5. The van der Waals surface area contributed by atoms with Crippen LogP contribution in [-0.4, -0.2) is 24.0 Å². The number of hydrogen-bond donors (Lipinski definition) is 2. The molecule has 1 aliphatic carbocycles. The Bertz CT molecular complexity index is 302. The molecule has 4 atom stereocenters. The summed E-state index contributed by atoms with van der Waals surface area (Å²) in [5.74, 6) is 1.74. The third-order valence-electron chi connectivity index (χ3n) is 4.99. The first-order valence-electron chi connectivity index (χ1n) is 8.62. The Labute approximate surface area is 124 Å². The molecule has 2 aliphatic rings. The van der Waals surface area contributed by atoms with Gasteiger partial charge in [0.05, 0.1) is 6.04 Å². The van der Waals surface area contributed by atoms with Crippen LogP contribution in [0.4, 0.5) is 0 Å². The van der Waals surface area contributed by atoms with Gasteiger partial charge >= 0.3 is 0 Å². The van der Waals surface area contributed by atoms with Gasteiger partial charge in [-0.3, -0.25) is 4.79 Å². The van der Waals surface area contributed by atoms with Crippen molar-refractivity contribution < 1.29 is 4.79 Å². The maximum atomic E-state index is 12.3. The fraction of sp³-hybridized carbons (Fsp3) is 0.941. The minimum Gasteiger partial charge on any atom is -0.352 e. The van der Waals surface area contributed by atoms with E-state index >= 15 is 0 Å². The third-order valence-corrected chi connectivity index (χ3v) is 4.99. The van der Waals surface area contributed by atoms with Crippen molar-refractivity contribution in [3.8, 4) is 0 Å². The molecule has 0 spiro atoms. The lowest BCUT2D eigenvalue weighted by atomic mass is 9.85. The summed E-state index contributed by atoms with van der Waals surface area (Å²) >= 11 is 0. The molecule has 0 aromatic carbocycles. The summed E-state index contributed by atoms with van der Waals surface area (Å²) in [7, 11) is 0. The first kappa shape index (κ1) is 15.8. The van der Waals surface area contributed by atoms with E-state index in [0.717, 1.165) is 24.7 Å². The summed E-state index contributed by atoms with van der Waals surface area (Å²) in [6.45, 7) is 6.65. The van der Waals surface area contributed by atoms with E-state index in [1.807, 2.05) is 0 Å². The molecule has 2 fully saturated rings. The molecule has 1 aliphatic heterocycles. The van der Waals surface area contributed by atoms with Crippen molar-refractivity contribution in [3.63, 3.8) is 0 Å². The number of amides is 1. The van der Waals surface area contributed by atoms with E-state index in [2.05, 4.69) is 31.4 Å². The van der Waals surface area contributed by atoms with Crippen molar-refractivity contribution in [3.05, 3.63) is 0 Å². The third kappa shape index (κ3) is 4.47. The van der Waals surface area contributed by atoms with Gasteiger partial charge in [-0.25, -0.2) is 0 Å². The maximum absolute atomic E-state index is 12.3. The zero-order valence-electron chi connectivity index (χ0n) is 13.5. The summed E-state index contributed by atoms with van der Waals surface area (Å²) in [5, 5.41) is 6.76. The van der Waals surface area contributed by atoms with Crippen LogP contribution in [0.2, 0.25) is 0 Å². The Morgan fingerprint density at radius 1 is 1.20 bits per heavy atom. The van der Waals surface area contributed by atoms with E-state index < -0.39 is 0 Å². The van der Waals surface area contributed by atoms with Crippen molar-refractivity contribution in [2.24, 2.45) is 11.8 Å². The van der Waals surface area contributed by atoms with Gasteiger partial charge < -0.3 is 10.6 Å². The zero-order valence-corrected chi connectivity index (χ0v) is 13.5. The Morgan fingerprint density at radius 2 is 1.95 bits per heavy atom. The van der Waals surface area contributed by atoms with Gasteiger partial charge in [0.25, 0.3) is 0 Å². The van der Waals surface area contributed by atoms with Gasteiger partial charge in [-0.1, -0.05) is 39.5 Å². The molecule has 1 saturated carbocycles. The predicted octanol–water partition coefficient (Wildman–Crippen LogP) is 3.24. The van der Waals surface area contributed by atoms with Crippen LogP contribution in [0.1, 0.15) is 72.1 Å². The molecule has 2 rings (SSSR count). The molecular weight excluding hydrogens is 248 g/mol. The molecule has 3 heteroatoms. The van der Waals surface area contributed by atoms with Crippen molar-refractivity contribution >= 4 is 5.91 Å². The average Bonchev–Trinajstić information content (AvgIpc) is 2.82. The minimum atomic E-state index is 0.0654. The van der Waals surface area contributed by atoms with Crippen LogP contribution in [0.5, 0.6) is 0 Å². The molecule has 0 radical (unpaired) electrons. The normalized spacial score (nSPS) is 31.1. The number of nitrogens with one attached hydrogen (secondary N) is 2. The highest BCUT2D eigenvalue weighted by molar-refractivity contribution is 5.82. The smallest absolute Gasteiger partial charge is 0.237 e. The molecule has 116 valence electrons. The number of hydrogen-bond acceptors (Lipinski definition) is 2. The van der Waals surface area contributed by atoms with Gasteiger partial charge in [-0.2, -0.15) is 0 Å². The van der Waals surface area contributed by atoms with E-state index in [1.54, 1.807) is 0 Å². The molecule has 2 N–H and O–H groups in total. The molecule has 1 saturated heterocycles. The largest absolute Gasteiger partial charge is 0.352 e. The van der Waals surface area contributed by atoms with Gasteiger partial charge in [0.2, 0.25) is 5.91 Å². The summed E-state index contributed by atoms with van der Waals surface area (Å²) < 4.78 is 0. The van der Waals surface area contributed by atoms with E-state index in [4.69, 9.17) is 0 Å². The van der Waals surface area contributed by atoms with E-state index in [9.17, 15) is 4.79 Å². The summed E-state index contributed by atoms with van der Waals surface area (Å²) in [5.41, 5.74) is 0. The van der Waals surface area contributed by atoms with Crippen LogP contribution in [0, 0.1) is 11.8 Å². The monoisotopic (exact) mass is 280 g/mol. The van der Waals surface area contributed by atoms with Gasteiger partial charge in [0.15, 0.2) is 0 Å². The molecule has 0 aromatic rings. The predicted molar refractivity (Wildman–Crippen MR) is 83.6 cm³/mol. The van der Waals surface area contributed by atoms with Crippen LogP contribution in [0.3, 0.4) is 0 Å². The Hall–Kier alpha value is -0.570. The molecule has 1 amide bonds. The number of rotatable bonds is 6. The Balaban J connectivity index is 1.69. The second-order valence-electron chi connectivity index (χ2n) is 7.34. The first-order valence-corrected chi connectivity index (χ1v) is 8.62. The lowest BCUT2D eigenvalue weighted by molar-refractivity contribution is -0.123. The van der Waals surface area contributed by atoms with Crippen LogP contribution >= 0.6 is 0 Å². The maximum Gasteiger partial charge on any atom is 0.237 e. The summed E-state index contributed by atoms with van der Waals surface area (Å²) in [6.07, 6.45) is 9.87. The highest BCUT2D eigenvalue weighted by Crippen LogP contribution is 2.33. The standard InChI is InChI=1S/C17H32N2O/c1-12(2)7-6-8-13(3)18-17(20)16-11-14-9-4-5-10-15(14)19-16/h12-16,19H,4-11H2,1-3H3,(H,18,20). The Morgan fingerprint density at radius 3 is 2.65 bits per heavy atom. The van der Waals surface area contributed by atoms with E-state index in [1.165, 1.54) is 38.5 Å². The highest BCUT2D eigenvalue weighted by Gasteiger charge is 2.38. The fourth-order valence-corrected chi connectivity index (χ4v) is 3.77. The molecule has 3 nitrogen and oxygen atoms in total. The van der Waals surface area contributed by atoms with Crippen LogP contribution in [0.15, 0.2) is 0 Å². The fourth-order valence-electron chi connectivity index (χ4n) is 3.77. The van der Waals surface area contributed by atoms with Crippen molar-refractivity contribution in [2.45, 2.75) is 90.3 Å². The topological polar surface area (TPSA) is 41.1 Å². The van der Waals surface area contributed by atoms with Gasteiger partial charge in [-0.15, -0.1) is 0 Å². The quantitative estimate of drug-likeness (QED) is 0.784. The van der Waals surface area contributed by atoms with Gasteiger partial charge in [0.1, 0.15) is 0 Å². The van der Waals surface area contributed by atoms with Crippen molar-refractivity contribution in [1.82, 2.24) is 10.6 Å². The number of fused-ring (bicyclic) bond motifs is 1. The second-order valence-corrected chi connectivity index (χ2v) is 7.34. The van der Waals surface area contributed by atoms with Crippen LogP contribution < -0.4 is 10.6 Å². The number of carbonyl (C=O) groups is 1. The van der Waals surface area contributed by atoms with Gasteiger partial charge in [0, 0.05) is 12.1 Å². The number of carbonyl (C=O) groups excluding carboxylic acids is 1. The van der Waals surface area contributed by atoms with Gasteiger partial charge in [-0.05, 0) is 44.4 Å². The van der Waals surface area contributed by atoms with E-state index in [-0.39, 0.29) is 11.9 Å². The summed E-state index contributed by atoms with van der Waals surface area (Å²) in [6, 6.07) is 0.983. The summed E-state index contributed by atoms with van der Waals surface area (Å²) in [4.78, 5) is 12.3. The SMILES string of the molecule is CC(C)CCCC(C)NC(=O)C1CC2CCCCC2N1. The van der Waals surface area contributed by atoms with Crippen LogP contribution in [0.25, 0.3) is 0 Å². The molecular formula is C17H32N2O. The van der Waals surface area contributed by atoms with Crippen LogP contribution in [-0.2, 0) is 4.79 Å². The lowest BCUT2D eigenvalue weighted by Gasteiger charge is -2.24. The molecule has 1 heterocycles. The molecule has 4 unspecified atom stereocenters. The first-order chi connectivity index (χ1) is 9.56. The molecule has 0 bridgehead atoms. The lowest BCUT2D eigenvalue weighted by Crippen LogP contribution is -2.46. The second kappa shape index (κ2) is 7.44.